The fourth-order valence-corrected chi connectivity index (χ4v) is 9.77. The summed E-state index contributed by atoms with van der Waals surface area (Å²) in [7, 11) is 0. The van der Waals surface area contributed by atoms with Crippen molar-refractivity contribution in [2.75, 3.05) is 4.90 Å². The highest BCUT2D eigenvalue weighted by molar-refractivity contribution is 7.26. The predicted octanol–water partition coefficient (Wildman–Crippen LogP) is 15.6. The summed E-state index contributed by atoms with van der Waals surface area (Å²) < 4.78 is 5.02. The van der Waals surface area contributed by atoms with Crippen molar-refractivity contribution < 1.29 is 0 Å². The van der Waals surface area contributed by atoms with Crippen molar-refractivity contribution in [2.24, 2.45) is 0 Å². The fourth-order valence-electron chi connectivity index (χ4n) is 8.53. The molecule has 0 saturated heterocycles. The van der Waals surface area contributed by atoms with Gasteiger partial charge in [0.15, 0.2) is 0 Å². The van der Waals surface area contributed by atoms with E-state index in [-0.39, 0.29) is 0 Å². The van der Waals surface area contributed by atoms with Crippen molar-refractivity contribution in [2.45, 2.75) is 0 Å². The zero-order valence-corrected chi connectivity index (χ0v) is 31.9. The third-order valence-electron chi connectivity index (χ3n) is 11.2. The molecule has 0 unspecified atom stereocenters. The molecule has 11 aromatic rings. The standard InChI is InChI=1S/C54H36N2S/c1-4-15-37(16-5-1)38-27-30-42(31-28-38)55(43-32-34-47-46-21-10-12-25-50(46)56(52(47)36-43)41-19-8-3-9-20-41)51-35-40(29-33-44(51)39-17-6-2-7-18-39)45-23-14-24-49-48-22-11-13-26-53(48)57-54(45)49/h1-36H. The number of anilines is 3. The van der Waals surface area contributed by atoms with Crippen LogP contribution in [0.15, 0.2) is 218 Å². The molecule has 0 atom stereocenters. The highest BCUT2D eigenvalue weighted by atomic mass is 32.1. The third kappa shape index (κ3) is 5.71. The van der Waals surface area contributed by atoms with Crippen LogP contribution in [0.4, 0.5) is 17.1 Å². The predicted molar refractivity (Wildman–Crippen MR) is 245 cm³/mol. The highest BCUT2D eigenvalue weighted by Crippen LogP contribution is 2.47. The molecule has 0 aliphatic heterocycles. The number of thiophene rings is 1. The SMILES string of the molecule is c1ccc(-c2ccc(N(c3ccc4c5ccccc5n(-c5ccccc5)c4c3)c3cc(-c4cccc5c4sc4ccccc45)ccc3-c3ccccc3)cc2)cc1. The van der Waals surface area contributed by atoms with E-state index in [0.717, 1.165) is 22.7 Å². The summed E-state index contributed by atoms with van der Waals surface area (Å²) >= 11 is 1.88. The van der Waals surface area contributed by atoms with Crippen molar-refractivity contribution in [3.8, 4) is 39.1 Å². The largest absolute Gasteiger partial charge is 0.310 e. The summed E-state index contributed by atoms with van der Waals surface area (Å²) in [5, 5.41) is 5.08. The summed E-state index contributed by atoms with van der Waals surface area (Å²) in [6.45, 7) is 0. The van der Waals surface area contributed by atoms with Crippen LogP contribution in [0.5, 0.6) is 0 Å². The maximum Gasteiger partial charge on any atom is 0.0561 e. The summed E-state index contributed by atoms with van der Waals surface area (Å²) in [6, 6.07) is 79.5. The van der Waals surface area contributed by atoms with Crippen LogP contribution in [0.3, 0.4) is 0 Å². The third-order valence-corrected chi connectivity index (χ3v) is 12.4. The second-order valence-corrected chi connectivity index (χ2v) is 15.6. The van der Waals surface area contributed by atoms with Crippen molar-refractivity contribution in [1.29, 1.82) is 0 Å². The Morgan fingerprint density at radius 3 is 1.74 bits per heavy atom. The van der Waals surface area contributed by atoms with E-state index in [9.17, 15) is 0 Å². The molecule has 0 spiro atoms. The number of hydrogen-bond donors (Lipinski definition) is 0. The van der Waals surface area contributed by atoms with Gasteiger partial charge in [-0.2, -0.15) is 0 Å². The lowest BCUT2D eigenvalue weighted by Crippen LogP contribution is -2.11. The van der Waals surface area contributed by atoms with Gasteiger partial charge in [-0.3, -0.25) is 0 Å². The summed E-state index contributed by atoms with van der Waals surface area (Å²) in [5.74, 6) is 0. The van der Waals surface area contributed by atoms with Crippen molar-refractivity contribution in [3.05, 3.63) is 218 Å². The van der Waals surface area contributed by atoms with Gasteiger partial charge in [-0.15, -0.1) is 11.3 Å². The van der Waals surface area contributed by atoms with Gasteiger partial charge in [-0.1, -0.05) is 164 Å². The number of aromatic nitrogens is 1. The molecule has 0 aliphatic rings. The Morgan fingerprint density at radius 1 is 0.351 bits per heavy atom. The smallest absolute Gasteiger partial charge is 0.0561 e. The monoisotopic (exact) mass is 744 g/mol. The molecule has 0 saturated carbocycles. The van der Waals surface area contributed by atoms with Crippen LogP contribution >= 0.6 is 11.3 Å². The van der Waals surface area contributed by atoms with Crippen molar-refractivity contribution in [3.63, 3.8) is 0 Å². The Labute approximate surface area is 335 Å². The lowest BCUT2D eigenvalue weighted by Gasteiger charge is -2.29. The molecule has 0 radical (unpaired) electrons. The minimum Gasteiger partial charge on any atom is -0.310 e. The van der Waals surface area contributed by atoms with Gasteiger partial charge in [0.25, 0.3) is 0 Å². The van der Waals surface area contributed by atoms with E-state index in [1.807, 2.05) is 11.3 Å². The number of rotatable bonds is 7. The first-order chi connectivity index (χ1) is 28.3. The summed E-state index contributed by atoms with van der Waals surface area (Å²) in [4.78, 5) is 2.46. The normalized spacial score (nSPS) is 11.5. The van der Waals surface area contributed by atoms with Gasteiger partial charge in [0.2, 0.25) is 0 Å². The van der Waals surface area contributed by atoms with E-state index in [4.69, 9.17) is 0 Å². The number of nitrogens with zero attached hydrogens (tertiary/aromatic N) is 2. The van der Waals surface area contributed by atoms with Gasteiger partial charge in [0.1, 0.15) is 0 Å². The second-order valence-electron chi connectivity index (χ2n) is 14.5. The molecule has 11 rings (SSSR count). The van der Waals surface area contributed by atoms with Crippen LogP contribution in [0.25, 0.3) is 81.0 Å². The molecule has 2 heterocycles. The Balaban J connectivity index is 1.19. The van der Waals surface area contributed by atoms with Crippen LogP contribution in [0.2, 0.25) is 0 Å². The minimum atomic E-state index is 1.09. The molecule has 0 N–H and O–H groups in total. The number of fused-ring (bicyclic) bond motifs is 6. The molecule has 2 nitrogen and oxygen atoms in total. The van der Waals surface area contributed by atoms with Crippen molar-refractivity contribution >= 4 is 70.4 Å². The Bertz CT molecular complexity index is 3220. The Morgan fingerprint density at radius 2 is 0.947 bits per heavy atom. The van der Waals surface area contributed by atoms with E-state index in [0.29, 0.717) is 0 Å². The van der Waals surface area contributed by atoms with Gasteiger partial charge >= 0.3 is 0 Å². The number of benzene rings is 9. The van der Waals surface area contributed by atoms with Crippen LogP contribution < -0.4 is 4.90 Å². The Hall–Kier alpha value is -7.20. The maximum atomic E-state index is 2.46. The lowest BCUT2D eigenvalue weighted by atomic mass is 9.95. The maximum absolute atomic E-state index is 2.46. The lowest BCUT2D eigenvalue weighted by molar-refractivity contribution is 1.18. The van der Waals surface area contributed by atoms with Gasteiger partial charge < -0.3 is 9.47 Å². The molecule has 0 aliphatic carbocycles. The van der Waals surface area contributed by atoms with Crippen LogP contribution in [0, 0.1) is 0 Å². The first-order valence-corrected chi connectivity index (χ1v) is 20.2. The van der Waals surface area contributed by atoms with Gasteiger partial charge in [-0.05, 0) is 82.4 Å². The molecule has 0 bridgehead atoms. The summed E-state index contributed by atoms with van der Waals surface area (Å²) in [6.07, 6.45) is 0. The molecular weight excluding hydrogens is 709 g/mol. The van der Waals surface area contributed by atoms with Crippen LogP contribution in [-0.4, -0.2) is 4.57 Å². The molecule has 9 aromatic carbocycles. The average molecular weight is 745 g/mol. The molecule has 3 heteroatoms. The zero-order chi connectivity index (χ0) is 37.7. The first kappa shape index (κ1) is 33.2. The van der Waals surface area contributed by atoms with Crippen LogP contribution in [0.1, 0.15) is 0 Å². The molecular formula is C54H36N2S. The molecule has 0 amide bonds. The van der Waals surface area contributed by atoms with Crippen LogP contribution in [-0.2, 0) is 0 Å². The minimum absolute atomic E-state index is 1.09. The number of para-hydroxylation sites is 2. The first-order valence-electron chi connectivity index (χ1n) is 19.4. The Kier molecular flexibility index (Phi) is 8.04. The number of hydrogen-bond acceptors (Lipinski definition) is 2. The van der Waals surface area contributed by atoms with Crippen molar-refractivity contribution in [1.82, 2.24) is 4.57 Å². The van der Waals surface area contributed by atoms with E-state index in [1.54, 1.807) is 0 Å². The van der Waals surface area contributed by atoms with Gasteiger partial charge in [0.05, 0.1) is 16.7 Å². The second kappa shape index (κ2) is 13.8. The average Bonchev–Trinajstić information content (AvgIpc) is 3.83. The quantitative estimate of drug-likeness (QED) is 0.158. The van der Waals surface area contributed by atoms with E-state index in [1.165, 1.54) is 75.4 Å². The topological polar surface area (TPSA) is 8.17 Å². The van der Waals surface area contributed by atoms with Gasteiger partial charge in [-0.25, -0.2) is 0 Å². The summed E-state index contributed by atoms with van der Waals surface area (Å²) in [5.41, 5.74) is 13.9. The molecule has 0 fully saturated rings. The van der Waals surface area contributed by atoms with E-state index in [2.05, 4.69) is 228 Å². The molecule has 2 aromatic heterocycles. The molecule has 268 valence electrons. The van der Waals surface area contributed by atoms with E-state index < -0.39 is 0 Å². The highest BCUT2D eigenvalue weighted by Gasteiger charge is 2.22. The molecule has 57 heavy (non-hydrogen) atoms. The van der Waals surface area contributed by atoms with E-state index >= 15 is 0 Å². The van der Waals surface area contributed by atoms with Gasteiger partial charge in [0, 0.05) is 53.6 Å². The zero-order valence-electron chi connectivity index (χ0n) is 31.1. The fraction of sp³-hybridized carbons (Fsp3) is 0.